The Kier molecular flexibility index (Phi) is 4.70. The van der Waals surface area contributed by atoms with Crippen molar-refractivity contribution in [2.45, 2.75) is 12.8 Å². The summed E-state index contributed by atoms with van der Waals surface area (Å²) in [5.41, 5.74) is 5.92. The molecule has 1 aromatic carbocycles. The summed E-state index contributed by atoms with van der Waals surface area (Å²) in [6, 6.07) is 7.53. The number of nitrogens with two attached hydrogens (primary N) is 1. The maximum Gasteiger partial charge on any atom is 0.350 e. The molecule has 0 unspecified atom stereocenters. The molecule has 5 nitrogen and oxygen atoms in total. The number of thiophene rings is 1. The van der Waals surface area contributed by atoms with Gasteiger partial charge >= 0.3 is 5.97 Å². The molecule has 0 saturated carbocycles. The first kappa shape index (κ1) is 14.5. The highest BCUT2D eigenvalue weighted by Gasteiger charge is 2.20. The summed E-state index contributed by atoms with van der Waals surface area (Å²) >= 11 is 1.31. The smallest absolute Gasteiger partial charge is 0.350 e. The molecule has 0 bridgehead atoms. The van der Waals surface area contributed by atoms with Crippen LogP contribution in [0.5, 0.6) is 0 Å². The largest absolute Gasteiger partial charge is 0.465 e. The van der Waals surface area contributed by atoms with Crippen molar-refractivity contribution in [3.63, 3.8) is 0 Å². The lowest BCUT2D eigenvalue weighted by Gasteiger charge is -2.06. The van der Waals surface area contributed by atoms with Crippen LogP contribution in [0, 0.1) is 0 Å². The predicted octanol–water partition coefficient (Wildman–Crippen LogP) is 2.37. The van der Waals surface area contributed by atoms with Gasteiger partial charge in [0.2, 0.25) is 5.91 Å². The molecule has 0 aliphatic heterocycles. The molecule has 20 heavy (non-hydrogen) atoms. The number of esters is 1. The van der Waals surface area contributed by atoms with Gasteiger partial charge in [-0.1, -0.05) is 18.2 Å². The van der Waals surface area contributed by atoms with Gasteiger partial charge in [-0.05, 0) is 19.0 Å². The van der Waals surface area contributed by atoms with Gasteiger partial charge in [-0.2, -0.15) is 0 Å². The zero-order valence-corrected chi connectivity index (χ0v) is 12.0. The number of ether oxygens (including phenoxy) is 1. The number of hydrogen-bond donors (Lipinski definition) is 2. The maximum atomic E-state index is 11.9. The van der Waals surface area contributed by atoms with Crippen molar-refractivity contribution in [1.82, 2.24) is 0 Å². The second kappa shape index (κ2) is 6.49. The molecule has 0 spiro atoms. The Bertz CT molecular complexity index is 636. The van der Waals surface area contributed by atoms with Crippen LogP contribution < -0.4 is 11.1 Å². The highest BCUT2D eigenvalue weighted by molar-refractivity contribution is 7.21. The summed E-state index contributed by atoms with van der Waals surface area (Å²) in [4.78, 5) is 24.1. The van der Waals surface area contributed by atoms with E-state index < -0.39 is 5.97 Å². The van der Waals surface area contributed by atoms with Crippen LogP contribution >= 0.6 is 11.3 Å². The fourth-order valence-electron chi connectivity index (χ4n) is 1.87. The van der Waals surface area contributed by atoms with E-state index in [4.69, 9.17) is 10.5 Å². The Balaban J connectivity index is 2.38. The number of benzene rings is 1. The zero-order valence-electron chi connectivity index (χ0n) is 11.1. The normalized spacial score (nSPS) is 10.5. The van der Waals surface area contributed by atoms with Crippen molar-refractivity contribution in [3.05, 3.63) is 29.1 Å². The third-order valence-corrected chi connectivity index (χ3v) is 3.99. The Hall–Kier alpha value is -1.92. The minimum atomic E-state index is -0.444. The van der Waals surface area contributed by atoms with Crippen LogP contribution in [0.25, 0.3) is 10.1 Å². The fourth-order valence-corrected chi connectivity index (χ4v) is 2.95. The van der Waals surface area contributed by atoms with Gasteiger partial charge in [-0.15, -0.1) is 11.3 Å². The highest BCUT2D eigenvalue weighted by atomic mass is 32.1. The summed E-state index contributed by atoms with van der Waals surface area (Å²) in [6.45, 7) is 0.460. The predicted molar refractivity (Wildman–Crippen MR) is 80.1 cm³/mol. The van der Waals surface area contributed by atoms with E-state index in [0.717, 1.165) is 10.1 Å². The Morgan fingerprint density at radius 3 is 2.80 bits per heavy atom. The lowest BCUT2D eigenvalue weighted by Crippen LogP contribution is -2.15. The van der Waals surface area contributed by atoms with E-state index in [1.807, 2.05) is 24.3 Å². The van der Waals surface area contributed by atoms with Crippen LogP contribution in [0.4, 0.5) is 5.69 Å². The number of anilines is 1. The molecular formula is C14H16N2O3S. The lowest BCUT2D eigenvalue weighted by atomic mass is 10.2. The summed E-state index contributed by atoms with van der Waals surface area (Å²) in [5.74, 6) is -0.593. The van der Waals surface area contributed by atoms with E-state index in [1.54, 1.807) is 0 Å². The average Bonchev–Trinajstić information content (AvgIpc) is 2.83. The topological polar surface area (TPSA) is 81.4 Å². The van der Waals surface area contributed by atoms with E-state index in [0.29, 0.717) is 30.0 Å². The van der Waals surface area contributed by atoms with Gasteiger partial charge in [0.1, 0.15) is 4.88 Å². The molecule has 3 N–H and O–H groups in total. The van der Waals surface area contributed by atoms with E-state index in [1.165, 1.54) is 18.4 Å². The zero-order chi connectivity index (χ0) is 14.5. The van der Waals surface area contributed by atoms with Gasteiger partial charge in [-0.3, -0.25) is 4.79 Å². The second-order valence-electron chi connectivity index (χ2n) is 4.23. The van der Waals surface area contributed by atoms with Crippen LogP contribution in [0.2, 0.25) is 0 Å². The van der Waals surface area contributed by atoms with Gasteiger partial charge in [0.05, 0.1) is 12.8 Å². The first-order chi connectivity index (χ1) is 9.67. The van der Waals surface area contributed by atoms with E-state index in [2.05, 4.69) is 5.32 Å². The minimum absolute atomic E-state index is 0.149. The van der Waals surface area contributed by atoms with Crippen molar-refractivity contribution in [1.29, 1.82) is 0 Å². The third-order valence-electron chi connectivity index (χ3n) is 2.84. The van der Waals surface area contributed by atoms with Gasteiger partial charge in [0.25, 0.3) is 0 Å². The molecule has 0 aliphatic carbocycles. The van der Waals surface area contributed by atoms with Crippen molar-refractivity contribution < 1.29 is 14.3 Å². The summed E-state index contributed by atoms with van der Waals surface area (Å²) < 4.78 is 5.70. The molecule has 0 atom stereocenters. The van der Waals surface area contributed by atoms with Gasteiger partial charge in [-0.25, -0.2) is 4.79 Å². The molecule has 6 heteroatoms. The standard InChI is InChI=1S/C14H16N2O3S/c1-19-14(18)13-12(16-11(17)7-4-8-15)9-5-2-3-6-10(9)20-13/h2-3,5-6H,4,7-8,15H2,1H3,(H,16,17). The van der Waals surface area contributed by atoms with Crippen LogP contribution in [0.1, 0.15) is 22.5 Å². The molecule has 2 rings (SSSR count). The third kappa shape index (κ3) is 2.97. The van der Waals surface area contributed by atoms with Crippen LogP contribution in [-0.4, -0.2) is 25.5 Å². The number of hydrogen-bond acceptors (Lipinski definition) is 5. The van der Waals surface area contributed by atoms with Gasteiger partial charge in [0, 0.05) is 16.5 Å². The molecule has 1 heterocycles. The molecular weight excluding hydrogens is 276 g/mol. The number of rotatable bonds is 5. The average molecular weight is 292 g/mol. The molecule has 0 aliphatic rings. The van der Waals surface area contributed by atoms with Crippen molar-refractivity contribution in [2.75, 3.05) is 19.0 Å². The van der Waals surface area contributed by atoms with E-state index in [-0.39, 0.29) is 5.91 Å². The highest BCUT2D eigenvalue weighted by Crippen LogP contribution is 2.36. The Labute approximate surface area is 120 Å². The monoisotopic (exact) mass is 292 g/mol. The first-order valence-electron chi connectivity index (χ1n) is 6.27. The number of methoxy groups -OCH3 is 1. The molecule has 0 fully saturated rings. The SMILES string of the molecule is COC(=O)c1sc2ccccc2c1NC(=O)CCCN. The molecule has 1 aromatic heterocycles. The second-order valence-corrected chi connectivity index (χ2v) is 5.29. The van der Waals surface area contributed by atoms with Crippen LogP contribution in [0.15, 0.2) is 24.3 Å². The number of nitrogens with one attached hydrogen (secondary N) is 1. The molecule has 106 valence electrons. The Morgan fingerprint density at radius 1 is 1.35 bits per heavy atom. The lowest BCUT2D eigenvalue weighted by molar-refractivity contribution is -0.116. The molecule has 0 saturated heterocycles. The quantitative estimate of drug-likeness (QED) is 0.829. The summed E-state index contributed by atoms with van der Waals surface area (Å²) in [6.07, 6.45) is 0.947. The first-order valence-corrected chi connectivity index (χ1v) is 7.08. The number of amides is 1. The summed E-state index contributed by atoms with van der Waals surface area (Å²) in [5, 5.41) is 3.64. The van der Waals surface area contributed by atoms with E-state index in [9.17, 15) is 9.59 Å². The number of carbonyl (C=O) groups excluding carboxylic acids is 2. The number of carbonyl (C=O) groups is 2. The van der Waals surface area contributed by atoms with Gasteiger partial charge in [0.15, 0.2) is 0 Å². The molecule has 1 amide bonds. The minimum Gasteiger partial charge on any atom is -0.465 e. The van der Waals surface area contributed by atoms with Crippen LogP contribution in [-0.2, 0) is 9.53 Å². The van der Waals surface area contributed by atoms with Crippen molar-refractivity contribution >= 4 is 39.0 Å². The van der Waals surface area contributed by atoms with Gasteiger partial charge < -0.3 is 15.8 Å². The molecule has 0 radical (unpaired) electrons. The maximum absolute atomic E-state index is 11.9. The Morgan fingerprint density at radius 2 is 2.10 bits per heavy atom. The van der Waals surface area contributed by atoms with Crippen molar-refractivity contribution in [2.24, 2.45) is 5.73 Å². The number of fused-ring (bicyclic) bond motifs is 1. The molecule has 2 aromatic rings. The van der Waals surface area contributed by atoms with E-state index >= 15 is 0 Å². The van der Waals surface area contributed by atoms with Crippen LogP contribution in [0.3, 0.4) is 0 Å². The van der Waals surface area contributed by atoms with Crippen molar-refractivity contribution in [3.8, 4) is 0 Å². The summed E-state index contributed by atoms with van der Waals surface area (Å²) in [7, 11) is 1.33. The fraction of sp³-hybridized carbons (Fsp3) is 0.286.